The Morgan fingerprint density at radius 1 is 1.06 bits per heavy atom. The standard InChI is InChI=1S/C12H12N4/c1-16(2)12-8-7-11(14-15-13)9-5-3-4-6-10(9)12/h3-8H,1-2H3. The Labute approximate surface area is 93.7 Å². The van der Waals surface area contributed by atoms with Crippen LogP contribution in [-0.2, 0) is 0 Å². The molecule has 2 aromatic carbocycles. The van der Waals surface area contributed by atoms with Crippen LogP contribution in [0.25, 0.3) is 21.2 Å². The molecule has 0 atom stereocenters. The number of hydrogen-bond acceptors (Lipinski definition) is 2. The first-order valence-corrected chi connectivity index (χ1v) is 4.98. The van der Waals surface area contributed by atoms with Crippen molar-refractivity contribution >= 4 is 22.1 Å². The van der Waals surface area contributed by atoms with Gasteiger partial charge >= 0.3 is 0 Å². The van der Waals surface area contributed by atoms with Crippen LogP contribution in [0.2, 0.25) is 0 Å². The normalized spacial score (nSPS) is 9.88. The van der Waals surface area contributed by atoms with E-state index in [-0.39, 0.29) is 0 Å². The summed E-state index contributed by atoms with van der Waals surface area (Å²) in [7, 11) is 3.99. The molecule has 0 aliphatic heterocycles. The zero-order valence-electron chi connectivity index (χ0n) is 9.25. The highest BCUT2D eigenvalue weighted by atomic mass is 15.1. The highest BCUT2D eigenvalue weighted by molar-refractivity contribution is 6.01. The van der Waals surface area contributed by atoms with E-state index in [1.165, 1.54) is 0 Å². The molecule has 0 saturated heterocycles. The lowest BCUT2D eigenvalue weighted by Crippen LogP contribution is -2.08. The topological polar surface area (TPSA) is 52.0 Å². The van der Waals surface area contributed by atoms with Crippen LogP contribution in [0.5, 0.6) is 0 Å². The summed E-state index contributed by atoms with van der Waals surface area (Å²) < 4.78 is 0. The van der Waals surface area contributed by atoms with Gasteiger partial charge in [0.25, 0.3) is 0 Å². The first kappa shape index (κ1) is 10.3. The number of nitrogens with zero attached hydrogens (tertiary/aromatic N) is 4. The SMILES string of the molecule is CN(C)c1ccc(N=[N+]=[N-])c2ccccc12. The van der Waals surface area contributed by atoms with Gasteiger partial charge in [0.1, 0.15) is 0 Å². The van der Waals surface area contributed by atoms with Gasteiger partial charge in [-0.2, -0.15) is 0 Å². The molecule has 0 aliphatic rings. The summed E-state index contributed by atoms with van der Waals surface area (Å²) in [5.41, 5.74) is 10.3. The van der Waals surface area contributed by atoms with Gasteiger partial charge in [-0.1, -0.05) is 29.4 Å². The van der Waals surface area contributed by atoms with Crippen molar-refractivity contribution < 1.29 is 0 Å². The molecule has 80 valence electrons. The van der Waals surface area contributed by atoms with E-state index in [9.17, 15) is 0 Å². The Bertz CT molecular complexity index is 568. The number of azide groups is 1. The molecule has 0 amide bonds. The lowest BCUT2D eigenvalue weighted by molar-refractivity contribution is 1.14. The van der Waals surface area contributed by atoms with Gasteiger partial charge in [0.05, 0.1) is 0 Å². The Morgan fingerprint density at radius 2 is 1.75 bits per heavy atom. The van der Waals surface area contributed by atoms with Gasteiger partial charge < -0.3 is 4.90 Å². The summed E-state index contributed by atoms with van der Waals surface area (Å²) in [6.07, 6.45) is 0. The van der Waals surface area contributed by atoms with Gasteiger partial charge in [0, 0.05) is 35.8 Å². The largest absolute Gasteiger partial charge is 0.377 e. The molecular weight excluding hydrogens is 200 g/mol. The Kier molecular flexibility index (Phi) is 2.66. The maximum Gasteiger partial charge on any atom is 0.0455 e. The van der Waals surface area contributed by atoms with Gasteiger partial charge in [-0.3, -0.25) is 0 Å². The third-order valence-electron chi connectivity index (χ3n) is 2.51. The Hall–Kier alpha value is -2.19. The van der Waals surface area contributed by atoms with Gasteiger partial charge in [-0.05, 0) is 23.1 Å². The van der Waals surface area contributed by atoms with Gasteiger partial charge in [0.2, 0.25) is 0 Å². The summed E-state index contributed by atoms with van der Waals surface area (Å²) >= 11 is 0. The number of rotatable bonds is 2. The van der Waals surface area contributed by atoms with Crippen LogP contribution < -0.4 is 4.90 Å². The maximum absolute atomic E-state index is 8.51. The van der Waals surface area contributed by atoms with Crippen molar-refractivity contribution in [3.63, 3.8) is 0 Å². The summed E-state index contributed by atoms with van der Waals surface area (Å²) in [4.78, 5) is 4.89. The van der Waals surface area contributed by atoms with E-state index in [0.717, 1.165) is 16.5 Å². The molecule has 2 rings (SSSR count). The summed E-state index contributed by atoms with van der Waals surface area (Å²) in [6.45, 7) is 0. The number of benzene rings is 2. The van der Waals surface area contributed by atoms with E-state index >= 15 is 0 Å². The molecular formula is C12H12N4. The molecule has 0 heterocycles. The zero-order valence-corrected chi connectivity index (χ0v) is 9.25. The van der Waals surface area contributed by atoms with E-state index in [4.69, 9.17) is 5.53 Å². The van der Waals surface area contributed by atoms with Crippen LogP contribution in [0.3, 0.4) is 0 Å². The van der Waals surface area contributed by atoms with Crippen LogP contribution in [0.4, 0.5) is 11.4 Å². The molecule has 0 fully saturated rings. The number of fused-ring (bicyclic) bond motifs is 1. The third-order valence-corrected chi connectivity index (χ3v) is 2.51. The van der Waals surface area contributed by atoms with Gasteiger partial charge in [-0.15, -0.1) is 0 Å². The average Bonchev–Trinajstić information content (AvgIpc) is 2.29. The molecule has 0 N–H and O–H groups in total. The average molecular weight is 212 g/mol. The quantitative estimate of drug-likeness (QED) is 0.423. The highest BCUT2D eigenvalue weighted by Crippen LogP contribution is 2.32. The zero-order chi connectivity index (χ0) is 11.5. The number of anilines is 1. The molecule has 4 nitrogen and oxygen atoms in total. The van der Waals surface area contributed by atoms with Crippen LogP contribution >= 0.6 is 0 Å². The minimum Gasteiger partial charge on any atom is -0.377 e. The molecule has 4 heteroatoms. The maximum atomic E-state index is 8.51. The molecule has 16 heavy (non-hydrogen) atoms. The second-order valence-electron chi connectivity index (χ2n) is 3.73. The van der Waals surface area contributed by atoms with Crippen molar-refractivity contribution in [2.24, 2.45) is 5.11 Å². The number of hydrogen-bond donors (Lipinski definition) is 0. The Morgan fingerprint density at radius 3 is 2.38 bits per heavy atom. The van der Waals surface area contributed by atoms with Gasteiger partial charge in [0.15, 0.2) is 0 Å². The predicted octanol–water partition coefficient (Wildman–Crippen LogP) is 3.85. The first-order chi connectivity index (χ1) is 7.74. The molecule has 0 bridgehead atoms. The fraction of sp³-hybridized carbons (Fsp3) is 0.167. The molecule has 0 unspecified atom stereocenters. The van der Waals surface area contributed by atoms with E-state index in [1.54, 1.807) is 0 Å². The monoisotopic (exact) mass is 212 g/mol. The fourth-order valence-corrected chi connectivity index (χ4v) is 1.79. The van der Waals surface area contributed by atoms with Crippen LogP contribution in [0.1, 0.15) is 0 Å². The van der Waals surface area contributed by atoms with Crippen molar-refractivity contribution in [1.82, 2.24) is 0 Å². The van der Waals surface area contributed by atoms with Crippen LogP contribution in [0, 0.1) is 0 Å². The lowest BCUT2D eigenvalue weighted by Gasteiger charge is -2.16. The fourth-order valence-electron chi connectivity index (χ4n) is 1.79. The highest BCUT2D eigenvalue weighted by Gasteiger charge is 2.05. The van der Waals surface area contributed by atoms with Crippen molar-refractivity contribution in [3.8, 4) is 0 Å². The third kappa shape index (κ3) is 1.66. The second kappa shape index (κ2) is 4.13. The second-order valence-corrected chi connectivity index (χ2v) is 3.73. The minimum absolute atomic E-state index is 0.670. The van der Waals surface area contributed by atoms with Gasteiger partial charge in [-0.25, -0.2) is 0 Å². The molecule has 2 aromatic rings. The van der Waals surface area contributed by atoms with Crippen molar-refractivity contribution in [1.29, 1.82) is 0 Å². The van der Waals surface area contributed by atoms with Crippen LogP contribution in [0.15, 0.2) is 41.5 Å². The molecule has 0 saturated carbocycles. The van der Waals surface area contributed by atoms with Crippen molar-refractivity contribution in [2.45, 2.75) is 0 Å². The molecule has 0 spiro atoms. The Balaban J connectivity index is 2.81. The predicted molar refractivity (Wildman–Crippen MR) is 67.1 cm³/mol. The van der Waals surface area contributed by atoms with E-state index in [2.05, 4.69) is 10.0 Å². The molecule has 0 aliphatic carbocycles. The minimum atomic E-state index is 0.670. The first-order valence-electron chi connectivity index (χ1n) is 4.98. The van der Waals surface area contributed by atoms with Crippen LogP contribution in [-0.4, -0.2) is 14.1 Å². The van der Waals surface area contributed by atoms with E-state index in [1.807, 2.05) is 55.4 Å². The molecule has 0 aromatic heterocycles. The van der Waals surface area contributed by atoms with Crippen molar-refractivity contribution in [2.75, 3.05) is 19.0 Å². The summed E-state index contributed by atoms with van der Waals surface area (Å²) in [5, 5.41) is 5.77. The molecule has 0 radical (unpaired) electrons. The smallest absolute Gasteiger partial charge is 0.0455 e. The summed E-state index contributed by atoms with van der Waals surface area (Å²) in [6, 6.07) is 11.7. The van der Waals surface area contributed by atoms with E-state index < -0.39 is 0 Å². The lowest BCUT2D eigenvalue weighted by atomic mass is 10.1. The van der Waals surface area contributed by atoms with Crippen molar-refractivity contribution in [3.05, 3.63) is 46.8 Å². The summed E-state index contributed by atoms with van der Waals surface area (Å²) in [5.74, 6) is 0. The van der Waals surface area contributed by atoms with E-state index in [0.29, 0.717) is 5.69 Å².